The van der Waals surface area contributed by atoms with Crippen LogP contribution in [0.1, 0.15) is 18.6 Å². The molecule has 0 saturated carbocycles. The molecule has 0 bridgehead atoms. The van der Waals surface area contributed by atoms with Crippen molar-refractivity contribution in [3.63, 3.8) is 0 Å². The summed E-state index contributed by atoms with van der Waals surface area (Å²) >= 11 is 0. The molecule has 2 amide bonds. The molecule has 0 saturated heterocycles. The molecule has 1 aromatic carbocycles. The van der Waals surface area contributed by atoms with Gasteiger partial charge in [-0.2, -0.15) is 0 Å². The maximum absolute atomic E-state index is 11.5. The summed E-state index contributed by atoms with van der Waals surface area (Å²) in [6.07, 6.45) is -0.869. The number of nitrogens with one attached hydrogen (secondary N) is 2. The molecule has 1 rings (SSSR count). The first-order valence-electron chi connectivity index (χ1n) is 5.69. The lowest BCUT2D eigenvalue weighted by Gasteiger charge is -2.12. The van der Waals surface area contributed by atoms with Gasteiger partial charge in [0, 0.05) is 13.5 Å². The van der Waals surface area contributed by atoms with Crippen LogP contribution in [0.15, 0.2) is 18.2 Å². The van der Waals surface area contributed by atoms with Crippen molar-refractivity contribution in [2.24, 2.45) is 5.73 Å². The lowest BCUT2D eigenvalue weighted by molar-refractivity contribution is -0.122. The highest BCUT2D eigenvalue weighted by molar-refractivity contribution is 5.95. The number of amides is 2. The Morgan fingerprint density at radius 2 is 2.11 bits per heavy atom. The molecule has 19 heavy (non-hydrogen) atoms. The van der Waals surface area contributed by atoms with E-state index in [0.29, 0.717) is 5.56 Å². The number of carbonyl (C=O) groups is 2. The number of aromatic hydroxyl groups is 1. The van der Waals surface area contributed by atoms with Crippen LogP contribution in [0.2, 0.25) is 0 Å². The molecular weight excluding hydrogens is 250 g/mol. The van der Waals surface area contributed by atoms with Crippen LogP contribution in [0.25, 0.3) is 0 Å². The average Bonchev–Trinajstić information content (AvgIpc) is 2.38. The van der Waals surface area contributed by atoms with Gasteiger partial charge < -0.3 is 26.6 Å². The molecule has 6 N–H and O–H groups in total. The van der Waals surface area contributed by atoms with Gasteiger partial charge in [0.05, 0.1) is 18.3 Å². The topological polar surface area (TPSA) is 125 Å². The van der Waals surface area contributed by atoms with Crippen molar-refractivity contribution in [3.05, 3.63) is 23.8 Å². The van der Waals surface area contributed by atoms with Crippen molar-refractivity contribution in [2.75, 3.05) is 18.4 Å². The second-order valence-electron chi connectivity index (χ2n) is 3.99. The van der Waals surface area contributed by atoms with E-state index in [1.807, 2.05) is 0 Å². The molecule has 104 valence electrons. The number of hydrogen-bond acceptors (Lipinski definition) is 5. The Morgan fingerprint density at radius 1 is 1.42 bits per heavy atom. The van der Waals surface area contributed by atoms with E-state index in [0.717, 1.165) is 0 Å². The zero-order chi connectivity index (χ0) is 14.4. The van der Waals surface area contributed by atoms with Crippen molar-refractivity contribution in [3.8, 4) is 5.75 Å². The molecule has 0 spiro atoms. The predicted octanol–water partition coefficient (Wildman–Crippen LogP) is -0.541. The van der Waals surface area contributed by atoms with E-state index >= 15 is 0 Å². The zero-order valence-electron chi connectivity index (χ0n) is 10.5. The molecular formula is C12H17N3O4. The fourth-order valence-corrected chi connectivity index (χ4v) is 1.40. The number of benzene rings is 1. The molecule has 0 unspecified atom stereocenters. The number of rotatable bonds is 5. The minimum atomic E-state index is -0.869. The van der Waals surface area contributed by atoms with E-state index in [1.165, 1.54) is 25.1 Å². The number of nitrogens with two attached hydrogens (primary N) is 1. The van der Waals surface area contributed by atoms with Gasteiger partial charge in [-0.05, 0) is 17.7 Å². The number of phenols is 1. The van der Waals surface area contributed by atoms with Gasteiger partial charge in [0.2, 0.25) is 11.8 Å². The van der Waals surface area contributed by atoms with Crippen LogP contribution in [-0.2, 0) is 9.59 Å². The Morgan fingerprint density at radius 3 is 2.68 bits per heavy atom. The van der Waals surface area contributed by atoms with Crippen molar-refractivity contribution in [1.82, 2.24) is 5.32 Å². The van der Waals surface area contributed by atoms with E-state index in [4.69, 9.17) is 5.73 Å². The lowest BCUT2D eigenvalue weighted by atomic mass is 10.1. The van der Waals surface area contributed by atoms with Crippen molar-refractivity contribution < 1.29 is 19.8 Å². The van der Waals surface area contributed by atoms with E-state index < -0.39 is 12.0 Å². The molecule has 0 aliphatic heterocycles. The minimum absolute atomic E-state index is 0.0318. The lowest BCUT2D eigenvalue weighted by Crippen LogP contribution is -2.31. The van der Waals surface area contributed by atoms with Gasteiger partial charge in [-0.25, -0.2) is 0 Å². The van der Waals surface area contributed by atoms with Crippen LogP contribution >= 0.6 is 0 Å². The van der Waals surface area contributed by atoms with E-state index in [9.17, 15) is 19.8 Å². The standard InChI is InChI=1S/C12H17N3O4/c1-7(16)14-6-12(19)15-9-4-8(11(18)5-13)2-3-10(9)17/h2-4,11,17-18H,5-6,13H2,1H3,(H,14,16)(H,15,19)/t11-/m0/s1. The highest BCUT2D eigenvalue weighted by atomic mass is 16.3. The molecule has 1 aromatic rings. The van der Waals surface area contributed by atoms with Crippen LogP contribution < -0.4 is 16.4 Å². The van der Waals surface area contributed by atoms with Gasteiger partial charge >= 0.3 is 0 Å². The van der Waals surface area contributed by atoms with E-state index in [1.54, 1.807) is 0 Å². The molecule has 7 heteroatoms. The Kier molecular flexibility index (Phi) is 5.28. The number of carbonyl (C=O) groups excluding carboxylic acids is 2. The summed E-state index contributed by atoms with van der Waals surface area (Å²) in [6, 6.07) is 4.29. The number of hydrogen-bond donors (Lipinski definition) is 5. The van der Waals surface area contributed by atoms with Gasteiger partial charge in [0.1, 0.15) is 5.75 Å². The number of anilines is 1. The molecule has 0 aromatic heterocycles. The smallest absolute Gasteiger partial charge is 0.243 e. The van der Waals surface area contributed by atoms with Crippen molar-refractivity contribution in [2.45, 2.75) is 13.0 Å². The maximum atomic E-state index is 11.5. The first-order valence-corrected chi connectivity index (χ1v) is 5.69. The van der Waals surface area contributed by atoms with Gasteiger partial charge in [-0.3, -0.25) is 9.59 Å². The van der Waals surface area contributed by atoms with Gasteiger partial charge in [-0.1, -0.05) is 6.07 Å². The third-order valence-electron chi connectivity index (χ3n) is 2.40. The van der Waals surface area contributed by atoms with Crippen LogP contribution in [0, 0.1) is 0 Å². The zero-order valence-corrected chi connectivity index (χ0v) is 10.5. The molecule has 0 fully saturated rings. The summed E-state index contributed by atoms with van der Waals surface area (Å²) in [5.41, 5.74) is 5.96. The molecule has 7 nitrogen and oxygen atoms in total. The summed E-state index contributed by atoms with van der Waals surface area (Å²) in [6.45, 7) is 1.13. The Bertz CT molecular complexity index is 476. The van der Waals surface area contributed by atoms with Crippen LogP contribution in [0.5, 0.6) is 5.75 Å². The molecule has 0 aliphatic rings. The quantitative estimate of drug-likeness (QED) is 0.458. The highest BCUT2D eigenvalue weighted by Gasteiger charge is 2.11. The summed E-state index contributed by atoms with van der Waals surface area (Å²) in [7, 11) is 0. The fourth-order valence-electron chi connectivity index (χ4n) is 1.40. The molecule has 0 radical (unpaired) electrons. The monoisotopic (exact) mass is 267 g/mol. The molecule has 1 atom stereocenters. The summed E-state index contributed by atoms with van der Waals surface area (Å²) in [5.74, 6) is -0.944. The van der Waals surface area contributed by atoms with Crippen molar-refractivity contribution >= 4 is 17.5 Å². The average molecular weight is 267 g/mol. The van der Waals surface area contributed by atoms with Crippen LogP contribution in [-0.4, -0.2) is 35.1 Å². The third kappa shape index (κ3) is 4.57. The number of phenolic OH excluding ortho intramolecular Hbond substituents is 1. The number of aliphatic hydroxyl groups excluding tert-OH is 1. The molecule has 0 aliphatic carbocycles. The first-order chi connectivity index (χ1) is 8.93. The van der Waals surface area contributed by atoms with Gasteiger partial charge in [0.25, 0.3) is 0 Å². The van der Waals surface area contributed by atoms with Gasteiger partial charge in [-0.15, -0.1) is 0 Å². The van der Waals surface area contributed by atoms with Crippen LogP contribution in [0.3, 0.4) is 0 Å². The third-order valence-corrected chi connectivity index (χ3v) is 2.40. The Hall–Kier alpha value is -2.12. The Labute approximate surface area is 110 Å². The summed E-state index contributed by atoms with van der Waals surface area (Å²) < 4.78 is 0. The second kappa shape index (κ2) is 6.72. The van der Waals surface area contributed by atoms with Crippen LogP contribution in [0.4, 0.5) is 5.69 Å². The Balaban J connectivity index is 2.76. The normalized spacial score (nSPS) is 11.7. The summed E-state index contributed by atoms with van der Waals surface area (Å²) in [5, 5.41) is 23.9. The van der Waals surface area contributed by atoms with E-state index in [2.05, 4.69) is 10.6 Å². The van der Waals surface area contributed by atoms with Crippen molar-refractivity contribution in [1.29, 1.82) is 0 Å². The first kappa shape index (κ1) is 14.9. The van der Waals surface area contributed by atoms with E-state index in [-0.39, 0.29) is 30.4 Å². The maximum Gasteiger partial charge on any atom is 0.243 e. The number of aliphatic hydroxyl groups is 1. The minimum Gasteiger partial charge on any atom is -0.506 e. The highest BCUT2D eigenvalue weighted by Crippen LogP contribution is 2.26. The van der Waals surface area contributed by atoms with Gasteiger partial charge in [0.15, 0.2) is 0 Å². The predicted molar refractivity (Wildman–Crippen MR) is 69.4 cm³/mol. The summed E-state index contributed by atoms with van der Waals surface area (Å²) in [4.78, 5) is 22.2. The fraction of sp³-hybridized carbons (Fsp3) is 0.333. The molecule has 0 heterocycles. The largest absolute Gasteiger partial charge is 0.506 e. The SMILES string of the molecule is CC(=O)NCC(=O)Nc1cc([C@@H](O)CN)ccc1O. The second-order valence-corrected chi connectivity index (χ2v) is 3.99.